The van der Waals surface area contributed by atoms with Gasteiger partial charge in [-0.2, -0.15) is 0 Å². The SMILES string of the molecule is CC(=O)N1CCc2nnc([C@H]3CCCN3Cc3cn(C)c4ccccc34)n2CC1. The number of amides is 1. The first-order valence-corrected chi connectivity index (χ1v) is 10.6. The van der Waals surface area contributed by atoms with Gasteiger partial charge in [-0.3, -0.25) is 9.69 Å². The minimum absolute atomic E-state index is 0.142. The standard InChI is InChI=1S/C22H28N6O/c1-16(29)26-11-9-21-23-24-22(28(21)13-12-26)20-8-5-10-27(20)15-17-14-25(2)19-7-4-3-6-18(17)19/h3-4,6-7,14,20H,5,8-13,15H2,1-2H3/t20-/m1/s1. The molecule has 0 radical (unpaired) electrons. The van der Waals surface area contributed by atoms with Crippen LogP contribution in [-0.4, -0.2) is 54.7 Å². The van der Waals surface area contributed by atoms with Crippen LogP contribution in [0.5, 0.6) is 0 Å². The Morgan fingerprint density at radius 3 is 2.86 bits per heavy atom. The van der Waals surface area contributed by atoms with Crippen LogP contribution in [0.15, 0.2) is 30.5 Å². The van der Waals surface area contributed by atoms with E-state index in [1.54, 1.807) is 6.92 Å². The lowest BCUT2D eigenvalue weighted by molar-refractivity contribution is -0.128. The van der Waals surface area contributed by atoms with Gasteiger partial charge in [0.25, 0.3) is 0 Å². The van der Waals surface area contributed by atoms with E-state index in [2.05, 4.69) is 61.7 Å². The van der Waals surface area contributed by atoms with Crippen LogP contribution in [0.2, 0.25) is 0 Å². The van der Waals surface area contributed by atoms with Crippen molar-refractivity contribution in [2.24, 2.45) is 7.05 Å². The minimum atomic E-state index is 0.142. The molecule has 7 nitrogen and oxygen atoms in total. The molecule has 0 aliphatic carbocycles. The summed E-state index contributed by atoms with van der Waals surface area (Å²) >= 11 is 0. The molecule has 29 heavy (non-hydrogen) atoms. The first kappa shape index (κ1) is 18.4. The van der Waals surface area contributed by atoms with Gasteiger partial charge in [-0.05, 0) is 31.0 Å². The highest BCUT2D eigenvalue weighted by molar-refractivity contribution is 5.83. The molecule has 2 aromatic heterocycles. The predicted molar refractivity (Wildman–Crippen MR) is 111 cm³/mol. The second-order valence-electron chi connectivity index (χ2n) is 8.29. The Kier molecular flexibility index (Phi) is 4.62. The number of aryl methyl sites for hydroxylation is 1. The number of benzene rings is 1. The van der Waals surface area contributed by atoms with Crippen LogP contribution in [-0.2, 0) is 31.4 Å². The van der Waals surface area contributed by atoms with E-state index in [9.17, 15) is 4.79 Å². The fourth-order valence-electron chi connectivity index (χ4n) is 4.98. The van der Waals surface area contributed by atoms with E-state index < -0.39 is 0 Å². The average molecular weight is 393 g/mol. The van der Waals surface area contributed by atoms with E-state index in [1.807, 2.05) is 4.90 Å². The van der Waals surface area contributed by atoms with E-state index in [-0.39, 0.29) is 5.91 Å². The number of aromatic nitrogens is 4. The summed E-state index contributed by atoms with van der Waals surface area (Å²) in [6.07, 6.45) is 5.33. The lowest BCUT2D eigenvalue weighted by Crippen LogP contribution is -2.32. The Morgan fingerprint density at radius 1 is 1.14 bits per heavy atom. The highest BCUT2D eigenvalue weighted by atomic mass is 16.2. The summed E-state index contributed by atoms with van der Waals surface area (Å²) < 4.78 is 4.49. The molecular weight excluding hydrogens is 364 g/mol. The van der Waals surface area contributed by atoms with E-state index >= 15 is 0 Å². The molecule has 0 spiro atoms. The molecule has 2 aliphatic rings. The first-order valence-electron chi connectivity index (χ1n) is 10.6. The molecule has 0 bridgehead atoms. The highest BCUT2D eigenvalue weighted by Crippen LogP contribution is 2.34. The van der Waals surface area contributed by atoms with Gasteiger partial charge in [0.15, 0.2) is 0 Å². The number of hydrogen-bond donors (Lipinski definition) is 0. The lowest BCUT2D eigenvalue weighted by Gasteiger charge is -2.24. The van der Waals surface area contributed by atoms with Gasteiger partial charge in [-0.1, -0.05) is 18.2 Å². The first-order chi connectivity index (χ1) is 14.1. The lowest BCUT2D eigenvalue weighted by atomic mass is 10.1. The molecule has 1 aromatic carbocycles. The number of rotatable bonds is 3. The Labute approximate surface area is 170 Å². The number of likely N-dealkylation sites (tertiary alicyclic amines) is 1. The summed E-state index contributed by atoms with van der Waals surface area (Å²) in [7, 11) is 2.12. The Morgan fingerprint density at radius 2 is 2.00 bits per heavy atom. The molecular formula is C22H28N6O. The molecule has 5 rings (SSSR count). The molecule has 152 valence electrons. The number of carbonyl (C=O) groups is 1. The van der Waals surface area contributed by atoms with Crippen molar-refractivity contribution in [3.63, 3.8) is 0 Å². The molecule has 3 aromatic rings. The minimum Gasteiger partial charge on any atom is -0.350 e. The Hall–Kier alpha value is -2.67. The van der Waals surface area contributed by atoms with Gasteiger partial charge >= 0.3 is 0 Å². The van der Waals surface area contributed by atoms with Crippen molar-refractivity contribution in [2.45, 2.75) is 45.3 Å². The summed E-state index contributed by atoms with van der Waals surface area (Å²) in [4.78, 5) is 16.3. The molecule has 0 unspecified atom stereocenters. The maximum atomic E-state index is 11.8. The van der Waals surface area contributed by atoms with Gasteiger partial charge in [0.05, 0.1) is 6.04 Å². The molecule has 4 heterocycles. The quantitative estimate of drug-likeness (QED) is 0.687. The zero-order valence-corrected chi connectivity index (χ0v) is 17.2. The predicted octanol–water partition coefficient (Wildman–Crippen LogP) is 2.51. The zero-order valence-electron chi connectivity index (χ0n) is 17.2. The fourth-order valence-corrected chi connectivity index (χ4v) is 4.98. The Bertz CT molecular complexity index is 1050. The molecule has 0 N–H and O–H groups in total. The number of para-hydroxylation sites is 1. The third-order valence-corrected chi connectivity index (χ3v) is 6.51. The van der Waals surface area contributed by atoms with Gasteiger partial charge < -0.3 is 14.0 Å². The van der Waals surface area contributed by atoms with Gasteiger partial charge in [0.1, 0.15) is 11.6 Å². The largest absolute Gasteiger partial charge is 0.350 e. The van der Waals surface area contributed by atoms with Crippen LogP contribution in [0, 0.1) is 0 Å². The van der Waals surface area contributed by atoms with Crippen molar-refractivity contribution >= 4 is 16.8 Å². The maximum absolute atomic E-state index is 11.8. The number of hydrogen-bond acceptors (Lipinski definition) is 4. The van der Waals surface area contributed by atoms with Gasteiger partial charge in [-0.15, -0.1) is 10.2 Å². The van der Waals surface area contributed by atoms with Crippen LogP contribution in [0.3, 0.4) is 0 Å². The van der Waals surface area contributed by atoms with Crippen LogP contribution in [0.4, 0.5) is 0 Å². The number of nitrogens with zero attached hydrogens (tertiary/aromatic N) is 6. The second kappa shape index (κ2) is 7.30. The zero-order chi connectivity index (χ0) is 20.0. The van der Waals surface area contributed by atoms with Crippen molar-refractivity contribution < 1.29 is 4.79 Å². The third kappa shape index (κ3) is 3.23. The van der Waals surface area contributed by atoms with Crippen molar-refractivity contribution in [3.8, 4) is 0 Å². The van der Waals surface area contributed by atoms with E-state index in [1.165, 1.54) is 22.9 Å². The Balaban J connectivity index is 1.41. The van der Waals surface area contributed by atoms with Crippen molar-refractivity contribution in [3.05, 3.63) is 47.7 Å². The van der Waals surface area contributed by atoms with E-state index in [0.29, 0.717) is 6.04 Å². The maximum Gasteiger partial charge on any atom is 0.219 e. The molecule has 7 heteroatoms. The molecule has 1 fully saturated rings. The molecule has 1 atom stereocenters. The summed E-state index contributed by atoms with van der Waals surface area (Å²) in [5, 5.41) is 10.4. The van der Waals surface area contributed by atoms with Crippen LogP contribution in [0.25, 0.3) is 10.9 Å². The van der Waals surface area contributed by atoms with Gasteiger partial charge in [0.2, 0.25) is 5.91 Å². The van der Waals surface area contributed by atoms with Gasteiger partial charge in [0, 0.05) is 63.7 Å². The summed E-state index contributed by atoms with van der Waals surface area (Å²) in [6.45, 7) is 5.91. The van der Waals surface area contributed by atoms with E-state index in [0.717, 1.165) is 57.2 Å². The number of carbonyl (C=O) groups excluding carboxylic acids is 1. The summed E-state index contributed by atoms with van der Waals surface area (Å²) in [5.41, 5.74) is 2.65. The highest BCUT2D eigenvalue weighted by Gasteiger charge is 2.32. The number of fused-ring (bicyclic) bond motifs is 2. The topological polar surface area (TPSA) is 59.2 Å². The van der Waals surface area contributed by atoms with E-state index in [4.69, 9.17) is 0 Å². The van der Waals surface area contributed by atoms with Crippen molar-refractivity contribution in [2.75, 3.05) is 19.6 Å². The molecule has 1 saturated heterocycles. The average Bonchev–Trinajstić information content (AvgIpc) is 3.37. The summed E-state index contributed by atoms with van der Waals surface area (Å²) in [5.74, 6) is 2.23. The molecule has 2 aliphatic heterocycles. The summed E-state index contributed by atoms with van der Waals surface area (Å²) in [6, 6.07) is 8.90. The smallest absolute Gasteiger partial charge is 0.219 e. The van der Waals surface area contributed by atoms with Crippen LogP contribution >= 0.6 is 0 Å². The second-order valence-corrected chi connectivity index (χ2v) is 8.29. The normalized spacial score (nSPS) is 20.2. The van der Waals surface area contributed by atoms with Crippen LogP contribution < -0.4 is 0 Å². The monoisotopic (exact) mass is 392 g/mol. The van der Waals surface area contributed by atoms with Gasteiger partial charge in [-0.25, -0.2) is 0 Å². The van der Waals surface area contributed by atoms with Crippen molar-refractivity contribution in [1.29, 1.82) is 0 Å². The van der Waals surface area contributed by atoms with Crippen molar-refractivity contribution in [1.82, 2.24) is 29.1 Å². The fraction of sp³-hybridized carbons (Fsp3) is 0.500. The third-order valence-electron chi connectivity index (χ3n) is 6.51. The van der Waals surface area contributed by atoms with Crippen LogP contribution in [0.1, 0.15) is 43.0 Å². The molecule has 1 amide bonds. The molecule has 0 saturated carbocycles.